The molecule has 2 aromatic rings. The lowest BCUT2D eigenvalue weighted by atomic mass is 10.1. The molecule has 0 aliphatic carbocycles. The van der Waals surface area contributed by atoms with Crippen LogP contribution >= 0.6 is 15.9 Å². The average molecular weight is 362 g/mol. The highest BCUT2D eigenvalue weighted by Gasteiger charge is 2.13. The zero-order valence-electron chi connectivity index (χ0n) is 12.1. The third-order valence-electron chi connectivity index (χ3n) is 3.10. The minimum Gasteiger partial charge on any atom is -0.452 e. The van der Waals surface area contributed by atoms with Crippen LogP contribution in [0.3, 0.4) is 0 Å². The maximum atomic E-state index is 11.9. The number of hydrogen-bond acceptors (Lipinski definition) is 3. The van der Waals surface area contributed by atoms with E-state index in [2.05, 4.69) is 21.2 Å². The summed E-state index contributed by atoms with van der Waals surface area (Å²) in [5.74, 6) is -0.896. The summed E-state index contributed by atoms with van der Waals surface area (Å²) in [6.45, 7) is 1.69. The van der Waals surface area contributed by atoms with Gasteiger partial charge in [0.15, 0.2) is 6.61 Å². The van der Waals surface area contributed by atoms with Crippen molar-refractivity contribution in [3.05, 3.63) is 64.1 Å². The van der Waals surface area contributed by atoms with Crippen LogP contribution in [0.5, 0.6) is 0 Å². The van der Waals surface area contributed by atoms with Crippen molar-refractivity contribution in [2.24, 2.45) is 0 Å². The Kier molecular flexibility index (Phi) is 5.72. The van der Waals surface area contributed by atoms with E-state index in [1.165, 1.54) is 0 Å². The van der Waals surface area contributed by atoms with Crippen molar-refractivity contribution in [1.29, 1.82) is 0 Å². The second kappa shape index (κ2) is 7.75. The van der Waals surface area contributed by atoms with Crippen molar-refractivity contribution in [1.82, 2.24) is 0 Å². The summed E-state index contributed by atoms with van der Waals surface area (Å²) in [6, 6.07) is 14.5. The molecule has 0 saturated carbocycles. The molecule has 0 aliphatic heterocycles. The van der Waals surface area contributed by atoms with Gasteiger partial charge in [-0.05, 0) is 46.1 Å². The lowest BCUT2D eigenvalue weighted by Crippen LogP contribution is -2.21. The Hall–Kier alpha value is -2.14. The molecule has 1 N–H and O–H groups in total. The predicted octanol–water partition coefficient (Wildman–Crippen LogP) is 3.81. The highest BCUT2D eigenvalue weighted by Crippen LogP contribution is 2.17. The molecule has 0 atom stereocenters. The summed E-state index contributed by atoms with van der Waals surface area (Å²) in [6.07, 6.45) is 0.813. The number of ether oxygens (including phenoxy) is 1. The van der Waals surface area contributed by atoms with Gasteiger partial charge in [-0.25, -0.2) is 4.79 Å². The van der Waals surface area contributed by atoms with E-state index in [9.17, 15) is 9.59 Å². The van der Waals surface area contributed by atoms with E-state index in [4.69, 9.17) is 4.74 Å². The molecule has 2 aromatic carbocycles. The third-order valence-corrected chi connectivity index (χ3v) is 3.79. The maximum absolute atomic E-state index is 11.9. The number of para-hydroxylation sites is 1. The van der Waals surface area contributed by atoms with E-state index in [-0.39, 0.29) is 12.5 Å². The minimum atomic E-state index is -0.536. The van der Waals surface area contributed by atoms with Crippen LogP contribution in [0.25, 0.3) is 0 Å². The molecule has 0 saturated heterocycles. The van der Waals surface area contributed by atoms with Crippen molar-refractivity contribution >= 4 is 33.5 Å². The second-order valence-electron chi connectivity index (χ2n) is 4.61. The van der Waals surface area contributed by atoms with Gasteiger partial charge in [0.05, 0.1) is 5.56 Å². The smallest absolute Gasteiger partial charge is 0.339 e. The number of aryl methyl sites for hydroxylation is 1. The Morgan fingerprint density at radius 3 is 2.50 bits per heavy atom. The number of halogens is 1. The Bertz CT molecular complexity index is 685. The van der Waals surface area contributed by atoms with E-state index in [0.29, 0.717) is 10.0 Å². The van der Waals surface area contributed by atoms with Crippen LogP contribution < -0.4 is 5.32 Å². The molecule has 0 spiro atoms. The van der Waals surface area contributed by atoms with Crippen molar-refractivity contribution in [2.45, 2.75) is 13.3 Å². The van der Waals surface area contributed by atoms with Crippen LogP contribution in [0.1, 0.15) is 22.8 Å². The number of nitrogens with one attached hydrogen (secondary N) is 1. The van der Waals surface area contributed by atoms with E-state index < -0.39 is 5.97 Å². The number of esters is 1. The summed E-state index contributed by atoms with van der Waals surface area (Å²) in [5, 5.41) is 2.76. The van der Waals surface area contributed by atoms with Gasteiger partial charge >= 0.3 is 5.97 Å². The fourth-order valence-corrected chi connectivity index (χ4v) is 2.42. The van der Waals surface area contributed by atoms with E-state index in [1.54, 1.807) is 24.3 Å². The van der Waals surface area contributed by atoms with Crippen LogP contribution in [0.15, 0.2) is 53.0 Å². The Morgan fingerprint density at radius 1 is 1.09 bits per heavy atom. The van der Waals surface area contributed by atoms with Crippen LogP contribution in [0.2, 0.25) is 0 Å². The van der Waals surface area contributed by atoms with Gasteiger partial charge < -0.3 is 10.1 Å². The molecule has 2 rings (SSSR count). The molecule has 114 valence electrons. The number of carbonyl (C=O) groups excluding carboxylic acids is 2. The van der Waals surface area contributed by atoms with Crippen molar-refractivity contribution in [3.8, 4) is 0 Å². The number of carbonyl (C=O) groups is 2. The molecule has 0 aliphatic rings. The van der Waals surface area contributed by atoms with Crippen LogP contribution in [0.4, 0.5) is 5.69 Å². The van der Waals surface area contributed by atoms with Crippen molar-refractivity contribution in [3.63, 3.8) is 0 Å². The Labute approximate surface area is 137 Å². The topological polar surface area (TPSA) is 55.4 Å². The molecule has 0 fully saturated rings. The zero-order chi connectivity index (χ0) is 15.9. The Morgan fingerprint density at radius 2 is 1.77 bits per heavy atom. The Balaban J connectivity index is 1.93. The van der Waals surface area contributed by atoms with Gasteiger partial charge in [-0.1, -0.05) is 37.3 Å². The first-order valence-electron chi connectivity index (χ1n) is 6.91. The standard InChI is InChI=1S/C17H16BrNO3/c1-2-12-7-3-6-10-15(12)19-16(20)11-22-17(21)13-8-4-5-9-14(13)18/h3-10H,2,11H2,1H3,(H,19,20). The largest absolute Gasteiger partial charge is 0.452 e. The first-order chi connectivity index (χ1) is 10.6. The van der Waals surface area contributed by atoms with Crippen molar-refractivity contribution < 1.29 is 14.3 Å². The lowest BCUT2D eigenvalue weighted by Gasteiger charge is -2.10. The molecule has 22 heavy (non-hydrogen) atoms. The molecule has 0 radical (unpaired) electrons. The predicted molar refractivity (Wildman–Crippen MR) is 88.9 cm³/mol. The number of benzene rings is 2. The molecule has 4 nitrogen and oxygen atoms in total. The van der Waals surface area contributed by atoms with E-state index in [0.717, 1.165) is 17.7 Å². The molecule has 1 amide bonds. The number of amides is 1. The highest BCUT2D eigenvalue weighted by atomic mass is 79.9. The average Bonchev–Trinajstić information content (AvgIpc) is 2.53. The summed E-state index contributed by atoms with van der Waals surface area (Å²) in [7, 11) is 0. The van der Waals surface area contributed by atoms with Crippen LogP contribution in [-0.4, -0.2) is 18.5 Å². The minimum absolute atomic E-state index is 0.321. The normalized spacial score (nSPS) is 10.1. The van der Waals surface area contributed by atoms with Gasteiger partial charge in [0.25, 0.3) is 5.91 Å². The molecule has 0 unspecified atom stereocenters. The number of hydrogen-bond donors (Lipinski definition) is 1. The molecule has 0 heterocycles. The van der Waals surface area contributed by atoms with Gasteiger partial charge in [-0.15, -0.1) is 0 Å². The summed E-state index contributed by atoms with van der Waals surface area (Å²) in [4.78, 5) is 23.8. The second-order valence-corrected chi connectivity index (χ2v) is 5.47. The molecule has 0 aromatic heterocycles. The molecular weight excluding hydrogens is 346 g/mol. The van der Waals surface area contributed by atoms with Gasteiger partial charge in [-0.3, -0.25) is 4.79 Å². The highest BCUT2D eigenvalue weighted by molar-refractivity contribution is 9.10. The fourth-order valence-electron chi connectivity index (χ4n) is 1.97. The number of rotatable bonds is 5. The zero-order valence-corrected chi connectivity index (χ0v) is 13.7. The summed E-state index contributed by atoms with van der Waals surface area (Å²) in [5.41, 5.74) is 2.17. The molecular formula is C17H16BrNO3. The first-order valence-corrected chi connectivity index (χ1v) is 7.70. The quantitative estimate of drug-likeness (QED) is 0.823. The van der Waals surface area contributed by atoms with E-state index >= 15 is 0 Å². The van der Waals surface area contributed by atoms with Crippen LogP contribution in [-0.2, 0) is 16.0 Å². The first kappa shape index (κ1) is 16.2. The molecule has 5 heteroatoms. The summed E-state index contributed by atoms with van der Waals surface area (Å²) < 4.78 is 5.67. The van der Waals surface area contributed by atoms with Gasteiger partial charge in [0.1, 0.15) is 0 Å². The maximum Gasteiger partial charge on any atom is 0.339 e. The molecule has 0 bridgehead atoms. The van der Waals surface area contributed by atoms with Gasteiger partial charge in [0, 0.05) is 10.2 Å². The van der Waals surface area contributed by atoms with Crippen LogP contribution in [0, 0.1) is 0 Å². The van der Waals surface area contributed by atoms with Gasteiger partial charge in [-0.2, -0.15) is 0 Å². The fraction of sp³-hybridized carbons (Fsp3) is 0.176. The van der Waals surface area contributed by atoms with E-state index in [1.807, 2.05) is 31.2 Å². The van der Waals surface area contributed by atoms with Gasteiger partial charge in [0.2, 0.25) is 0 Å². The third kappa shape index (κ3) is 4.18. The van der Waals surface area contributed by atoms with Crippen molar-refractivity contribution in [2.75, 3.05) is 11.9 Å². The SMILES string of the molecule is CCc1ccccc1NC(=O)COC(=O)c1ccccc1Br. The monoisotopic (exact) mass is 361 g/mol. The summed E-state index contributed by atoms with van der Waals surface area (Å²) >= 11 is 3.28. The lowest BCUT2D eigenvalue weighted by molar-refractivity contribution is -0.119. The number of anilines is 1.